The fourth-order valence-electron chi connectivity index (χ4n) is 4.46. The summed E-state index contributed by atoms with van der Waals surface area (Å²) in [7, 11) is 3.40. The molecule has 0 spiro atoms. The summed E-state index contributed by atoms with van der Waals surface area (Å²) in [4.78, 5) is 33.4. The predicted octanol–water partition coefficient (Wildman–Crippen LogP) is 4.57. The molecule has 0 saturated heterocycles. The lowest BCUT2D eigenvalue weighted by molar-refractivity contribution is -0.120. The van der Waals surface area contributed by atoms with Gasteiger partial charge in [0, 0.05) is 35.7 Å². The third-order valence-corrected chi connectivity index (χ3v) is 7.43. The van der Waals surface area contributed by atoms with E-state index in [1.54, 1.807) is 0 Å². The lowest BCUT2D eigenvalue weighted by Gasteiger charge is -2.20. The van der Waals surface area contributed by atoms with Gasteiger partial charge in [0.25, 0.3) is 0 Å². The molecule has 1 aliphatic rings. The van der Waals surface area contributed by atoms with Gasteiger partial charge in [0.2, 0.25) is 5.91 Å². The zero-order valence-electron chi connectivity index (χ0n) is 19.7. The number of pyridine rings is 1. The molecule has 1 amide bonds. The van der Waals surface area contributed by atoms with E-state index in [0.29, 0.717) is 17.1 Å². The maximum absolute atomic E-state index is 12.9. The zero-order chi connectivity index (χ0) is 23.5. The van der Waals surface area contributed by atoms with Crippen LogP contribution in [-0.4, -0.2) is 46.1 Å². The monoisotopic (exact) mass is 469 g/mol. The molecule has 4 rings (SSSR count). The average Bonchev–Trinajstić information content (AvgIpc) is 3.33. The molecule has 9 heteroatoms. The van der Waals surface area contributed by atoms with Gasteiger partial charge in [-0.25, -0.2) is 9.78 Å². The summed E-state index contributed by atoms with van der Waals surface area (Å²) in [5.74, 6) is -0.481. The van der Waals surface area contributed by atoms with Crippen LogP contribution >= 0.6 is 11.3 Å². The van der Waals surface area contributed by atoms with Gasteiger partial charge in [-0.05, 0) is 45.9 Å². The largest absolute Gasteiger partial charge is 0.465 e. The first-order valence-corrected chi connectivity index (χ1v) is 12.2. The third kappa shape index (κ3) is 5.09. The molecule has 0 atom stereocenters. The second kappa shape index (κ2) is 10.0. The number of hydrogen-bond donors (Lipinski definition) is 2. The number of thiophene rings is 1. The van der Waals surface area contributed by atoms with Crippen LogP contribution in [0.4, 0.5) is 5.69 Å². The zero-order valence-corrected chi connectivity index (χ0v) is 20.5. The van der Waals surface area contributed by atoms with Gasteiger partial charge in [0.05, 0.1) is 24.2 Å². The summed E-state index contributed by atoms with van der Waals surface area (Å²) in [6.07, 6.45) is 5.11. The Bertz CT molecular complexity index is 1140. The fraction of sp³-hybridized carbons (Fsp3) is 0.500. The van der Waals surface area contributed by atoms with E-state index >= 15 is 0 Å². The molecule has 0 bridgehead atoms. The van der Waals surface area contributed by atoms with Gasteiger partial charge in [-0.3, -0.25) is 14.8 Å². The van der Waals surface area contributed by atoms with Crippen molar-refractivity contribution in [3.63, 3.8) is 0 Å². The van der Waals surface area contributed by atoms with Crippen LogP contribution < -0.4 is 5.32 Å². The van der Waals surface area contributed by atoms with E-state index in [4.69, 9.17) is 9.72 Å². The van der Waals surface area contributed by atoms with Crippen LogP contribution in [0.2, 0.25) is 0 Å². The minimum absolute atomic E-state index is 0.00471. The van der Waals surface area contributed by atoms with Crippen molar-refractivity contribution in [1.29, 1.82) is 0 Å². The first-order chi connectivity index (χ1) is 15.9. The first-order valence-electron chi connectivity index (χ1n) is 11.4. The standard InChI is InChI=1S/C24H31N5O3S/c1-14-19(15(2)28-27-14)13-29(3)12-17-10-11-18-20(21(24(31)32-4)33-23(18)25-17)26-22(30)16-8-6-5-7-9-16/h10-11,16H,5-9,12-13H2,1-4H3,(H,26,30)(H,27,28). The van der Waals surface area contributed by atoms with Crippen LogP contribution in [0, 0.1) is 19.8 Å². The van der Waals surface area contributed by atoms with Crippen molar-refractivity contribution in [3.05, 3.63) is 39.7 Å². The number of amides is 1. The van der Waals surface area contributed by atoms with Crippen molar-refractivity contribution in [1.82, 2.24) is 20.1 Å². The normalized spacial score (nSPS) is 14.7. The molecular weight excluding hydrogens is 438 g/mol. The highest BCUT2D eigenvalue weighted by atomic mass is 32.1. The maximum atomic E-state index is 12.9. The van der Waals surface area contributed by atoms with E-state index in [2.05, 4.69) is 20.4 Å². The number of rotatable bonds is 7. The number of hydrogen-bond acceptors (Lipinski definition) is 7. The Hall–Kier alpha value is -2.78. The second-order valence-corrected chi connectivity index (χ2v) is 9.86. The van der Waals surface area contributed by atoms with Crippen molar-refractivity contribution in [2.75, 3.05) is 19.5 Å². The number of H-pyrrole nitrogens is 1. The Morgan fingerprint density at radius 1 is 1.21 bits per heavy atom. The molecule has 33 heavy (non-hydrogen) atoms. The summed E-state index contributed by atoms with van der Waals surface area (Å²) in [6, 6.07) is 3.90. The van der Waals surface area contributed by atoms with Crippen LogP contribution in [0.15, 0.2) is 12.1 Å². The second-order valence-electron chi connectivity index (χ2n) is 8.86. The highest BCUT2D eigenvalue weighted by Gasteiger charge is 2.26. The van der Waals surface area contributed by atoms with Gasteiger partial charge in [0.15, 0.2) is 0 Å². The Kier molecular flexibility index (Phi) is 7.09. The Balaban J connectivity index is 1.57. The molecular formula is C24H31N5O3S. The van der Waals surface area contributed by atoms with Gasteiger partial charge in [-0.15, -0.1) is 11.3 Å². The molecule has 0 radical (unpaired) electrons. The molecule has 1 aliphatic carbocycles. The Labute approximate surface area is 197 Å². The van der Waals surface area contributed by atoms with Gasteiger partial charge in [0.1, 0.15) is 9.71 Å². The molecule has 1 saturated carbocycles. The van der Waals surface area contributed by atoms with E-state index < -0.39 is 5.97 Å². The van der Waals surface area contributed by atoms with E-state index in [0.717, 1.165) is 59.5 Å². The summed E-state index contributed by atoms with van der Waals surface area (Å²) in [6.45, 7) is 5.43. The average molecular weight is 470 g/mol. The highest BCUT2D eigenvalue weighted by Crippen LogP contribution is 2.36. The molecule has 176 valence electrons. The van der Waals surface area contributed by atoms with Crippen molar-refractivity contribution in [2.45, 2.75) is 59.0 Å². The Morgan fingerprint density at radius 2 is 1.97 bits per heavy atom. The summed E-state index contributed by atoms with van der Waals surface area (Å²) >= 11 is 1.26. The number of aryl methyl sites for hydroxylation is 2. The number of carbonyl (C=O) groups is 2. The van der Waals surface area contributed by atoms with Gasteiger partial charge >= 0.3 is 5.97 Å². The van der Waals surface area contributed by atoms with Crippen molar-refractivity contribution in [2.24, 2.45) is 5.92 Å². The van der Waals surface area contributed by atoms with Crippen LogP contribution in [0.25, 0.3) is 10.2 Å². The molecule has 0 unspecified atom stereocenters. The number of nitrogens with zero attached hydrogens (tertiary/aromatic N) is 3. The molecule has 3 aromatic heterocycles. The lowest BCUT2D eigenvalue weighted by atomic mass is 9.88. The molecule has 2 N–H and O–H groups in total. The van der Waals surface area contributed by atoms with Crippen molar-refractivity contribution < 1.29 is 14.3 Å². The van der Waals surface area contributed by atoms with E-state index in [1.807, 2.05) is 33.0 Å². The highest BCUT2D eigenvalue weighted by molar-refractivity contribution is 7.21. The molecule has 3 heterocycles. The number of anilines is 1. The fourth-order valence-corrected chi connectivity index (χ4v) is 5.53. The lowest BCUT2D eigenvalue weighted by Crippen LogP contribution is -2.25. The first kappa shape index (κ1) is 23.4. The van der Waals surface area contributed by atoms with Gasteiger partial charge in [-0.2, -0.15) is 5.10 Å². The molecule has 1 fully saturated rings. The minimum Gasteiger partial charge on any atom is -0.465 e. The van der Waals surface area contributed by atoms with Crippen molar-refractivity contribution >= 4 is 39.1 Å². The number of carbonyl (C=O) groups excluding carboxylic acids is 2. The quantitative estimate of drug-likeness (QED) is 0.492. The number of fused-ring (bicyclic) bond motifs is 1. The third-order valence-electron chi connectivity index (χ3n) is 6.35. The number of esters is 1. The summed E-state index contributed by atoms with van der Waals surface area (Å²) < 4.78 is 4.98. The molecule has 0 aromatic carbocycles. The van der Waals surface area contributed by atoms with Crippen LogP contribution in [0.1, 0.15) is 64.4 Å². The number of nitrogens with one attached hydrogen (secondary N) is 2. The molecule has 8 nitrogen and oxygen atoms in total. The number of aromatic amines is 1. The summed E-state index contributed by atoms with van der Waals surface area (Å²) in [5.41, 5.74) is 4.68. The summed E-state index contributed by atoms with van der Waals surface area (Å²) in [5, 5.41) is 11.1. The van der Waals surface area contributed by atoms with E-state index in [9.17, 15) is 9.59 Å². The predicted molar refractivity (Wildman–Crippen MR) is 129 cm³/mol. The van der Waals surface area contributed by atoms with Crippen molar-refractivity contribution in [3.8, 4) is 0 Å². The van der Waals surface area contributed by atoms with Gasteiger partial charge in [-0.1, -0.05) is 19.3 Å². The number of aromatic nitrogens is 3. The molecule has 3 aromatic rings. The minimum atomic E-state index is -0.457. The number of methoxy groups -OCH3 is 1. The topological polar surface area (TPSA) is 100 Å². The van der Waals surface area contributed by atoms with E-state index in [-0.39, 0.29) is 11.8 Å². The number of ether oxygens (including phenoxy) is 1. The molecule has 0 aliphatic heterocycles. The van der Waals surface area contributed by atoms with E-state index in [1.165, 1.54) is 30.4 Å². The maximum Gasteiger partial charge on any atom is 0.350 e. The SMILES string of the molecule is COC(=O)c1sc2nc(CN(C)Cc3c(C)n[nH]c3C)ccc2c1NC(=O)C1CCCCC1. The van der Waals surface area contributed by atoms with Crippen LogP contribution in [-0.2, 0) is 22.6 Å². The van der Waals surface area contributed by atoms with Crippen LogP contribution in [0.5, 0.6) is 0 Å². The van der Waals surface area contributed by atoms with Crippen LogP contribution in [0.3, 0.4) is 0 Å². The van der Waals surface area contributed by atoms with Gasteiger partial charge < -0.3 is 10.1 Å². The smallest absolute Gasteiger partial charge is 0.350 e. The Morgan fingerprint density at radius 3 is 2.64 bits per heavy atom.